The summed E-state index contributed by atoms with van der Waals surface area (Å²) in [6.07, 6.45) is 4.29. The molecule has 1 fully saturated rings. The molecule has 0 aliphatic carbocycles. The van der Waals surface area contributed by atoms with E-state index in [9.17, 15) is 9.18 Å². The monoisotopic (exact) mass is 462 g/mol. The summed E-state index contributed by atoms with van der Waals surface area (Å²) in [7, 11) is 3.26. The van der Waals surface area contributed by atoms with Crippen LogP contribution in [0.25, 0.3) is 22.6 Å². The lowest BCUT2D eigenvalue weighted by Crippen LogP contribution is -2.38. The molecule has 0 bridgehead atoms. The summed E-state index contributed by atoms with van der Waals surface area (Å²) in [5, 5.41) is 4.16. The second kappa shape index (κ2) is 9.05. The lowest BCUT2D eigenvalue weighted by Gasteiger charge is -2.32. The van der Waals surface area contributed by atoms with E-state index in [1.807, 2.05) is 29.2 Å². The van der Waals surface area contributed by atoms with Crippen LogP contribution in [0.4, 0.5) is 10.3 Å². The van der Waals surface area contributed by atoms with Crippen molar-refractivity contribution in [2.24, 2.45) is 7.05 Å². The van der Waals surface area contributed by atoms with Gasteiger partial charge in [-0.1, -0.05) is 17.3 Å². The fraction of sp³-hybridized carbons (Fsp3) is 0.292. The molecule has 3 aromatic heterocycles. The van der Waals surface area contributed by atoms with Crippen molar-refractivity contribution in [2.75, 3.05) is 25.1 Å². The largest absolute Gasteiger partial charge is 0.496 e. The van der Waals surface area contributed by atoms with Gasteiger partial charge in [0.2, 0.25) is 17.7 Å². The smallest absolute Gasteiger partial charge is 0.255 e. The van der Waals surface area contributed by atoms with Crippen LogP contribution in [0.3, 0.4) is 0 Å². The Balaban J connectivity index is 1.44. The highest BCUT2D eigenvalue weighted by Gasteiger charge is 2.29. The van der Waals surface area contributed by atoms with E-state index in [0.29, 0.717) is 36.5 Å². The van der Waals surface area contributed by atoms with Gasteiger partial charge in [0.25, 0.3) is 5.56 Å². The van der Waals surface area contributed by atoms with E-state index in [1.165, 1.54) is 22.9 Å². The predicted molar refractivity (Wildman–Crippen MR) is 123 cm³/mol. The summed E-state index contributed by atoms with van der Waals surface area (Å²) in [4.78, 5) is 27.7. The van der Waals surface area contributed by atoms with Crippen molar-refractivity contribution in [3.05, 3.63) is 70.9 Å². The highest BCUT2D eigenvalue weighted by molar-refractivity contribution is 5.63. The maximum absolute atomic E-state index is 14.3. The highest BCUT2D eigenvalue weighted by Crippen LogP contribution is 2.32. The summed E-state index contributed by atoms with van der Waals surface area (Å²) >= 11 is 0. The predicted octanol–water partition coefficient (Wildman–Crippen LogP) is 3.42. The Morgan fingerprint density at radius 3 is 2.85 bits per heavy atom. The molecule has 0 radical (unpaired) electrons. The Bertz CT molecular complexity index is 1390. The van der Waals surface area contributed by atoms with E-state index in [-0.39, 0.29) is 22.7 Å². The van der Waals surface area contributed by atoms with Gasteiger partial charge in [0.1, 0.15) is 5.75 Å². The van der Waals surface area contributed by atoms with Crippen molar-refractivity contribution in [2.45, 2.75) is 18.8 Å². The van der Waals surface area contributed by atoms with E-state index >= 15 is 0 Å². The molecule has 9 nitrogen and oxygen atoms in total. The Morgan fingerprint density at radius 1 is 1.18 bits per heavy atom. The van der Waals surface area contributed by atoms with Gasteiger partial charge in [-0.3, -0.25) is 14.3 Å². The van der Waals surface area contributed by atoms with Crippen LogP contribution < -0.4 is 15.2 Å². The van der Waals surface area contributed by atoms with Crippen molar-refractivity contribution < 1.29 is 13.7 Å². The first-order valence-electron chi connectivity index (χ1n) is 10.9. The number of pyridine rings is 1. The van der Waals surface area contributed by atoms with Crippen molar-refractivity contribution >= 4 is 5.95 Å². The number of methoxy groups -OCH3 is 1. The van der Waals surface area contributed by atoms with E-state index in [0.717, 1.165) is 24.6 Å². The normalized spacial score (nSPS) is 16.0. The average molecular weight is 462 g/mol. The number of hydrogen-bond donors (Lipinski definition) is 0. The first-order chi connectivity index (χ1) is 16.5. The molecule has 1 aliphatic heterocycles. The number of anilines is 1. The zero-order valence-corrected chi connectivity index (χ0v) is 18.8. The lowest BCUT2D eigenvalue weighted by molar-refractivity contribution is 0.332. The van der Waals surface area contributed by atoms with Crippen LogP contribution in [0.15, 0.2) is 58.1 Å². The van der Waals surface area contributed by atoms with Gasteiger partial charge in [0.15, 0.2) is 5.82 Å². The molecular formula is C24H23FN6O3. The van der Waals surface area contributed by atoms with Crippen molar-refractivity contribution in [1.82, 2.24) is 24.7 Å². The van der Waals surface area contributed by atoms with Crippen LogP contribution in [-0.2, 0) is 7.05 Å². The quantitative estimate of drug-likeness (QED) is 0.445. The van der Waals surface area contributed by atoms with Crippen LogP contribution in [0, 0.1) is 5.82 Å². The number of ether oxygens (including phenoxy) is 1. The van der Waals surface area contributed by atoms with Gasteiger partial charge in [0.05, 0.1) is 30.5 Å². The third-order valence-corrected chi connectivity index (χ3v) is 6.00. The molecule has 174 valence electrons. The first-order valence-corrected chi connectivity index (χ1v) is 10.9. The maximum atomic E-state index is 14.3. The third-order valence-electron chi connectivity index (χ3n) is 6.00. The van der Waals surface area contributed by atoms with E-state index in [4.69, 9.17) is 9.26 Å². The molecule has 0 N–H and O–H groups in total. The number of para-hydroxylation sites is 1. The van der Waals surface area contributed by atoms with Gasteiger partial charge in [-0.25, -0.2) is 9.37 Å². The molecule has 4 aromatic rings. The van der Waals surface area contributed by atoms with Gasteiger partial charge < -0.3 is 14.2 Å². The fourth-order valence-electron chi connectivity index (χ4n) is 4.23. The molecule has 1 aromatic carbocycles. The van der Waals surface area contributed by atoms with Crippen LogP contribution in [0.2, 0.25) is 0 Å². The van der Waals surface area contributed by atoms with E-state index < -0.39 is 5.82 Å². The average Bonchev–Trinajstić information content (AvgIpc) is 3.36. The zero-order chi connectivity index (χ0) is 23.7. The standard InChI is InChI=1S/C24H23FN6O3/c1-30-21(32)12-19(16-9-10-26-13-18(16)25)27-24(30)31-11-5-6-15(14-31)23-28-22(29-34-23)17-7-3-4-8-20(17)33-2/h3-4,7-10,12-13,15H,5-6,11,14H2,1-2H3. The molecule has 0 amide bonds. The Kier molecular flexibility index (Phi) is 5.79. The van der Waals surface area contributed by atoms with E-state index in [2.05, 4.69) is 20.1 Å². The number of aromatic nitrogens is 5. The summed E-state index contributed by atoms with van der Waals surface area (Å²) in [5.74, 6) is 1.55. The second-order valence-corrected chi connectivity index (χ2v) is 8.14. The van der Waals surface area contributed by atoms with Gasteiger partial charge in [-0.2, -0.15) is 4.98 Å². The van der Waals surface area contributed by atoms with Gasteiger partial charge in [0, 0.05) is 38.0 Å². The number of rotatable bonds is 5. The minimum atomic E-state index is -0.527. The topological polar surface area (TPSA) is 99.2 Å². The summed E-state index contributed by atoms with van der Waals surface area (Å²) in [5.41, 5.74) is 0.996. The molecule has 1 saturated heterocycles. The molecule has 0 spiro atoms. The number of piperidine rings is 1. The molecule has 5 rings (SSSR count). The zero-order valence-electron chi connectivity index (χ0n) is 18.8. The van der Waals surface area contributed by atoms with Gasteiger partial charge in [-0.15, -0.1) is 0 Å². The number of nitrogens with zero attached hydrogens (tertiary/aromatic N) is 6. The highest BCUT2D eigenvalue weighted by atomic mass is 19.1. The number of hydrogen-bond acceptors (Lipinski definition) is 8. The first kappa shape index (κ1) is 21.7. The second-order valence-electron chi connectivity index (χ2n) is 8.14. The number of halogens is 1. The van der Waals surface area contributed by atoms with Crippen molar-refractivity contribution in [1.29, 1.82) is 0 Å². The Morgan fingerprint density at radius 2 is 2.03 bits per heavy atom. The minimum absolute atomic E-state index is 0.0390. The lowest BCUT2D eigenvalue weighted by atomic mass is 9.98. The van der Waals surface area contributed by atoms with Gasteiger partial charge >= 0.3 is 0 Å². The molecule has 1 unspecified atom stereocenters. The van der Waals surface area contributed by atoms with Crippen LogP contribution >= 0.6 is 0 Å². The SMILES string of the molecule is COc1ccccc1-c1noc(C2CCCN(c3nc(-c4ccncc4F)cc(=O)n3C)C2)n1. The Hall–Kier alpha value is -4.08. The summed E-state index contributed by atoms with van der Waals surface area (Å²) in [6, 6.07) is 10.3. The third kappa shape index (κ3) is 4.02. The van der Waals surface area contributed by atoms with Crippen LogP contribution in [0.5, 0.6) is 5.75 Å². The molecule has 4 heterocycles. The molecular weight excluding hydrogens is 439 g/mol. The maximum Gasteiger partial charge on any atom is 0.255 e. The van der Waals surface area contributed by atoms with Crippen LogP contribution in [0.1, 0.15) is 24.7 Å². The fourth-order valence-corrected chi connectivity index (χ4v) is 4.23. The molecule has 1 aliphatic rings. The van der Waals surface area contributed by atoms with Gasteiger partial charge in [-0.05, 0) is 31.0 Å². The van der Waals surface area contributed by atoms with Crippen molar-refractivity contribution in [3.8, 4) is 28.4 Å². The number of benzene rings is 1. The minimum Gasteiger partial charge on any atom is -0.496 e. The van der Waals surface area contributed by atoms with Crippen LogP contribution in [-0.4, -0.2) is 44.9 Å². The van der Waals surface area contributed by atoms with E-state index in [1.54, 1.807) is 14.2 Å². The molecule has 1 atom stereocenters. The molecule has 34 heavy (non-hydrogen) atoms. The summed E-state index contributed by atoms with van der Waals surface area (Å²) < 4.78 is 26.8. The van der Waals surface area contributed by atoms with Crippen molar-refractivity contribution in [3.63, 3.8) is 0 Å². The molecule has 0 saturated carbocycles. The molecule has 10 heteroatoms. The Labute approximate surface area is 194 Å². The summed E-state index contributed by atoms with van der Waals surface area (Å²) in [6.45, 7) is 1.24.